The zero-order valence-electron chi connectivity index (χ0n) is 45.0. The smallest absolute Gasteiger partial charge is 0.410 e. The molecule has 3 atom stereocenters. The van der Waals surface area contributed by atoms with E-state index in [0.717, 1.165) is 21.7 Å². The van der Waals surface area contributed by atoms with E-state index in [0.29, 0.717) is 78.6 Å². The molecular weight excluding hydrogens is 976 g/mol. The minimum absolute atomic E-state index is 0.0399. The number of Topliss-reactive ketones (excluding diaryl/α,β-unsaturated/α-hetero) is 1. The molecule has 16 heteroatoms. The number of ether oxygens (including phenoxy) is 3. The maximum Gasteiger partial charge on any atom is 0.410 e. The van der Waals surface area contributed by atoms with Gasteiger partial charge in [0.1, 0.15) is 41.9 Å². The van der Waals surface area contributed by atoms with Crippen molar-refractivity contribution in [2.75, 3.05) is 26.2 Å². The van der Waals surface area contributed by atoms with Gasteiger partial charge in [-0.3, -0.25) is 19.3 Å². The number of aromatic nitrogens is 1. The normalized spacial score (nSPS) is 19.3. The summed E-state index contributed by atoms with van der Waals surface area (Å²) in [6.45, 7) is 26.5. The first-order valence-corrected chi connectivity index (χ1v) is 26.8. The fourth-order valence-electron chi connectivity index (χ4n) is 10.5. The lowest BCUT2D eigenvalue weighted by Crippen LogP contribution is -2.66. The number of carbonyl (C=O) groups is 4. The molecule has 3 aromatic carbocycles. The van der Waals surface area contributed by atoms with E-state index >= 15 is 0 Å². The van der Waals surface area contributed by atoms with Crippen molar-refractivity contribution in [2.45, 2.75) is 145 Å². The molecule has 3 N–H and O–H groups in total. The van der Waals surface area contributed by atoms with Crippen molar-refractivity contribution in [3.05, 3.63) is 112 Å². The number of rotatable bonds is 21. The molecule has 1 saturated carbocycles. The third kappa shape index (κ3) is 14.2. The highest BCUT2D eigenvalue weighted by Crippen LogP contribution is 2.62. The molecule has 4 aromatic rings. The van der Waals surface area contributed by atoms with Gasteiger partial charge in [0.25, 0.3) is 0 Å². The number of halogens is 1. The van der Waals surface area contributed by atoms with Crippen molar-refractivity contribution in [2.24, 2.45) is 22.2 Å². The third-order valence-electron chi connectivity index (χ3n) is 14.2. The Morgan fingerprint density at radius 3 is 2.23 bits per heavy atom. The molecule has 2 aliphatic rings. The zero-order chi connectivity index (χ0) is 54.3. The molecule has 14 nitrogen and oxygen atoms in total. The summed E-state index contributed by atoms with van der Waals surface area (Å²) < 4.78 is 18.1. The highest BCUT2D eigenvalue weighted by atomic mass is 35.5. The minimum atomic E-state index is -0.971. The Bertz CT molecular complexity index is 2670. The molecule has 0 spiro atoms. The quantitative estimate of drug-likeness (QED) is 0.0533. The van der Waals surface area contributed by atoms with Crippen LogP contribution < -0.4 is 20.1 Å². The maximum atomic E-state index is 14.4. The fourth-order valence-corrected chi connectivity index (χ4v) is 11.5. The topological polar surface area (TPSA) is 183 Å². The summed E-state index contributed by atoms with van der Waals surface area (Å²) in [7, 11) is 0. The summed E-state index contributed by atoms with van der Waals surface area (Å²) in [6.07, 6.45) is 0.996. The lowest BCUT2D eigenvalue weighted by atomic mass is 9.44. The van der Waals surface area contributed by atoms with Crippen LogP contribution in [0.5, 0.6) is 11.5 Å². The largest absolute Gasteiger partial charge is 0.494 e. The van der Waals surface area contributed by atoms with E-state index in [1.165, 1.54) is 4.90 Å². The average Bonchev–Trinajstić information content (AvgIpc) is 3.95. The van der Waals surface area contributed by atoms with E-state index in [1.807, 2.05) is 45.3 Å². The summed E-state index contributed by atoms with van der Waals surface area (Å²) in [5.74, 6) is 0.464. The first-order valence-electron chi connectivity index (χ1n) is 25.5. The number of nitrogens with one attached hydrogen (secondary N) is 2. The van der Waals surface area contributed by atoms with Gasteiger partial charge < -0.3 is 34.9 Å². The van der Waals surface area contributed by atoms with Crippen molar-refractivity contribution < 1.29 is 38.5 Å². The summed E-state index contributed by atoms with van der Waals surface area (Å²) in [6, 6.07) is 21.0. The number of thiazole rings is 1. The molecule has 398 valence electrons. The maximum absolute atomic E-state index is 14.4. The zero-order valence-corrected chi connectivity index (χ0v) is 46.5. The van der Waals surface area contributed by atoms with Gasteiger partial charge in [-0.15, -0.1) is 11.3 Å². The molecule has 0 bridgehead atoms. The number of ketones is 1. The van der Waals surface area contributed by atoms with Crippen LogP contribution in [0.1, 0.15) is 129 Å². The Kier molecular flexibility index (Phi) is 18.4. The number of nitrogens with zero attached hydrogens (tertiary/aromatic N) is 4. The second-order valence-electron chi connectivity index (χ2n) is 23.0. The van der Waals surface area contributed by atoms with Gasteiger partial charge in [-0.05, 0) is 106 Å². The summed E-state index contributed by atoms with van der Waals surface area (Å²) >= 11 is 7.87. The van der Waals surface area contributed by atoms with E-state index in [9.17, 15) is 29.5 Å². The van der Waals surface area contributed by atoms with Crippen molar-refractivity contribution in [1.82, 2.24) is 25.4 Å². The van der Waals surface area contributed by atoms with E-state index in [2.05, 4.69) is 68.1 Å². The predicted octanol–water partition coefficient (Wildman–Crippen LogP) is 10.9. The molecule has 3 amide bonds. The van der Waals surface area contributed by atoms with Crippen molar-refractivity contribution in [3.63, 3.8) is 0 Å². The summed E-state index contributed by atoms with van der Waals surface area (Å²) in [5.41, 5.74) is 4.40. The molecule has 1 aliphatic heterocycles. The third-order valence-corrected chi connectivity index (χ3v) is 15.5. The van der Waals surface area contributed by atoms with E-state index in [-0.39, 0.29) is 54.2 Å². The average molecular weight is 1050 g/mol. The van der Waals surface area contributed by atoms with Gasteiger partial charge in [0.15, 0.2) is 5.78 Å². The van der Waals surface area contributed by atoms with Gasteiger partial charge in [-0.2, -0.15) is 5.26 Å². The highest BCUT2D eigenvalue weighted by Gasteiger charge is 2.63. The molecule has 1 unspecified atom stereocenters. The summed E-state index contributed by atoms with van der Waals surface area (Å²) in [4.78, 5) is 63.8. The number of carbonyl (C=O) groups excluding carboxylic acids is 4. The Balaban J connectivity index is 0.975. The fraction of sp³-hybridized carbons (Fsp3) is 0.517. The molecular formula is C58H75ClN6O8S. The molecule has 6 rings (SSSR count). The van der Waals surface area contributed by atoms with Crippen molar-refractivity contribution in [1.29, 1.82) is 5.26 Å². The predicted molar refractivity (Wildman–Crippen MR) is 290 cm³/mol. The van der Waals surface area contributed by atoms with Crippen LogP contribution in [0, 0.1) is 40.4 Å². The number of aliphatic hydroxyl groups is 1. The lowest BCUT2D eigenvalue weighted by Gasteiger charge is -2.63. The Labute approximate surface area is 446 Å². The minimum Gasteiger partial charge on any atom is -0.494 e. The van der Waals surface area contributed by atoms with E-state index in [4.69, 9.17) is 25.8 Å². The molecule has 2 heterocycles. The molecule has 1 aromatic heterocycles. The van der Waals surface area contributed by atoms with Crippen LogP contribution in [0.3, 0.4) is 0 Å². The van der Waals surface area contributed by atoms with Crippen LogP contribution in [-0.4, -0.2) is 99.7 Å². The number of aliphatic hydroxyl groups excluding tert-OH is 1. The second kappa shape index (κ2) is 23.7. The van der Waals surface area contributed by atoms with Crippen LogP contribution >= 0.6 is 22.9 Å². The van der Waals surface area contributed by atoms with Crippen LogP contribution in [0.2, 0.25) is 5.02 Å². The van der Waals surface area contributed by atoms with Crippen LogP contribution in [-0.2, 0) is 20.9 Å². The Morgan fingerprint density at radius 2 is 1.64 bits per heavy atom. The van der Waals surface area contributed by atoms with Gasteiger partial charge in [-0.25, -0.2) is 9.78 Å². The molecule has 1 aliphatic carbocycles. The standard InChI is InChI=1S/C58H75ClN6O8S/c1-36(61-32-38-16-18-40(19-17-38)50-37(2)62-35-74-50)46-28-42(66)33-65(46)52(69)51(55(3,4)5)63-49(68)34-64(54(70)73-56(6,7)8)26-14-13-15-27-71-43-23-20-39(21-24-43)47(67)30-48-57(9,10)53(58(48,11)12)72-44-25-22-41(31-60)45(59)29-44/h16-25,29,35,42,46,48,51,53,61,66H,1,13-15,26-28,30,32-34H2,2-12H3,(H,63,68)/t42-,46?,48?,51-,53?/m1/s1. The van der Waals surface area contributed by atoms with Crippen LogP contribution in [0.25, 0.3) is 10.4 Å². The van der Waals surface area contributed by atoms with Crippen molar-refractivity contribution in [3.8, 4) is 28.0 Å². The first-order chi connectivity index (χ1) is 34.7. The van der Waals surface area contributed by atoms with E-state index < -0.39 is 41.2 Å². The number of hydrogen-bond donors (Lipinski definition) is 3. The molecule has 1 saturated heterocycles. The van der Waals surface area contributed by atoms with Crippen LogP contribution in [0.4, 0.5) is 4.79 Å². The number of unbranched alkanes of at least 4 members (excludes halogenated alkanes) is 2. The Hall–Kier alpha value is -5.95. The number of likely N-dealkylation sites (tertiary alicyclic amines) is 1. The van der Waals surface area contributed by atoms with Crippen molar-refractivity contribution >= 4 is 46.6 Å². The van der Waals surface area contributed by atoms with Gasteiger partial charge >= 0.3 is 6.09 Å². The van der Waals surface area contributed by atoms with Crippen LogP contribution in [0.15, 0.2) is 84.5 Å². The number of benzene rings is 3. The molecule has 0 radical (unpaired) electrons. The van der Waals surface area contributed by atoms with Gasteiger partial charge in [0, 0.05) is 60.6 Å². The number of β-amino-alcohol motifs (C(OH)–C–C–N with tert-alkyl or cyclic N) is 1. The van der Waals surface area contributed by atoms with Gasteiger partial charge in [-0.1, -0.05) is 90.9 Å². The first kappa shape index (κ1) is 57.3. The molecule has 2 fully saturated rings. The monoisotopic (exact) mass is 1050 g/mol. The number of aryl methyl sites for hydroxylation is 1. The highest BCUT2D eigenvalue weighted by molar-refractivity contribution is 7.13. The Morgan fingerprint density at radius 1 is 0.973 bits per heavy atom. The SMILES string of the molecule is C=C(NCc1ccc(-c2scnc2C)cc1)C1C[C@@H](O)CN1C(=O)[C@@H](NC(=O)CN(CCCCCOc1ccc(C(=O)CC2C(C)(C)C(Oc3ccc(C#N)c(Cl)c3)C2(C)C)cc1)C(=O)OC(C)(C)C)C(C)(C)C. The lowest BCUT2D eigenvalue weighted by molar-refractivity contribution is -0.196. The second-order valence-corrected chi connectivity index (χ2v) is 24.3. The summed E-state index contributed by atoms with van der Waals surface area (Å²) in [5, 5.41) is 26.7. The number of nitriles is 1. The van der Waals surface area contributed by atoms with Gasteiger partial charge in [0.2, 0.25) is 11.8 Å². The number of hydrogen-bond acceptors (Lipinski definition) is 12. The van der Waals surface area contributed by atoms with Gasteiger partial charge in [0.05, 0.1) is 45.4 Å². The number of amides is 3. The van der Waals surface area contributed by atoms with E-state index in [1.54, 1.807) is 79.5 Å². The molecule has 74 heavy (non-hydrogen) atoms.